The normalized spacial score (nSPS) is 13.2. The largest absolute Gasteiger partial charge is 0.0714 e. The van der Waals surface area contributed by atoms with Crippen LogP contribution in [0.25, 0.3) is 87.2 Å². The summed E-state index contributed by atoms with van der Waals surface area (Å²) < 4.78 is 0. The maximum absolute atomic E-state index is 2.50. The third-order valence-corrected chi connectivity index (χ3v) is 12.4. The van der Waals surface area contributed by atoms with E-state index in [2.05, 4.69) is 206 Å². The molecule has 0 aromatic heterocycles. The number of hydrogen-bond acceptors (Lipinski definition) is 0. The van der Waals surface area contributed by atoms with E-state index in [1.807, 2.05) is 0 Å². The van der Waals surface area contributed by atoms with Crippen molar-refractivity contribution in [2.45, 2.75) is 5.41 Å². The first-order valence-electron chi connectivity index (χ1n) is 19.2. The lowest BCUT2D eigenvalue weighted by Crippen LogP contribution is -2.28. The van der Waals surface area contributed by atoms with Crippen molar-refractivity contribution in [1.29, 1.82) is 0 Å². The first-order valence-corrected chi connectivity index (χ1v) is 19.2. The second-order valence-corrected chi connectivity index (χ2v) is 15.2. The monoisotopic (exact) mass is 694 g/mol. The molecule has 0 fully saturated rings. The molecule has 0 unspecified atom stereocenters. The molecule has 0 spiro atoms. The SMILES string of the molecule is c1ccc(C2(c3ccccc3)c3cc(-c4cc5ccc6cccc7ccc(c4)c5c67)ccc3-c3c2ccc2c(-c4ccc5ccccc5c4)cccc32)cc1. The van der Waals surface area contributed by atoms with Crippen molar-refractivity contribution >= 4 is 53.9 Å². The molecule has 0 aliphatic heterocycles. The fourth-order valence-electron chi connectivity index (χ4n) is 10.1. The molecule has 0 bridgehead atoms. The third kappa shape index (κ3) is 4.28. The maximum atomic E-state index is 2.50. The van der Waals surface area contributed by atoms with Gasteiger partial charge in [0.25, 0.3) is 0 Å². The molecule has 1 aliphatic rings. The minimum atomic E-state index is -0.507. The standard InChI is InChI=1S/C55H34/c1-3-15-44(16-4-1)55(45-17-5-2-6-18-45)50-30-29-47-46(40-24-21-35-11-7-8-12-38(35)31-40)19-10-20-48(47)54(50)49-28-27-39(34-51(49)55)43-32-41-25-22-36-13-9-14-37-23-26-42(33-43)53(41)52(36)37/h1-34H. The van der Waals surface area contributed by atoms with E-state index < -0.39 is 5.41 Å². The van der Waals surface area contributed by atoms with E-state index in [0.29, 0.717) is 0 Å². The zero-order valence-corrected chi connectivity index (χ0v) is 30.1. The molecule has 1 aliphatic carbocycles. The number of benzene rings is 11. The van der Waals surface area contributed by atoms with Crippen molar-refractivity contribution in [3.05, 3.63) is 229 Å². The quantitative estimate of drug-likeness (QED) is 0.161. The molecule has 12 rings (SSSR count). The van der Waals surface area contributed by atoms with Gasteiger partial charge in [-0.1, -0.05) is 182 Å². The smallest absolute Gasteiger partial charge is 0.0622 e. The highest BCUT2D eigenvalue weighted by molar-refractivity contribution is 6.23. The zero-order valence-electron chi connectivity index (χ0n) is 30.1. The summed E-state index contributed by atoms with van der Waals surface area (Å²) >= 11 is 0. The Morgan fingerprint density at radius 1 is 0.273 bits per heavy atom. The van der Waals surface area contributed by atoms with Gasteiger partial charge in [-0.2, -0.15) is 0 Å². The number of hydrogen-bond donors (Lipinski definition) is 0. The highest BCUT2D eigenvalue weighted by atomic mass is 14.5. The van der Waals surface area contributed by atoms with Crippen molar-refractivity contribution in [1.82, 2.24) is 0 Å². The molecule has 0 saturated heterocycles. The van der Waals surface area contributed by atoms with Crippen LogP contribution in [0, 0.1) is 0 Å². The van der Waals surface area contributed by atoms with E-state index in [9.17, 15) is 0 Å². The summed E-state index contributed by atoms with van der Waals surface area (Å²) in [6, 6.07) is 77.3. The Kier molecular flexibility index (Phi) is 6.36. The Balaban J connectivity index is 1.15. The highest BCUT2D eigenvalue weighted by Crippen LogP contribution is 2.59. The Bertz CT molecular complexity index is 3190. The lowest BCUT2D eigenvalue weighted by molar-refractivity contribution is 0.769. The van der Waals surface area contributed by atoms with Crippen molar-refractivity contribution in [3.8, 4) is 33.4 Å². The van der Waals surface area contributed by atoms with Crippen LogP contribution in [0.15, 0.2) is 206 Å². The van der Waals surface area contributed by atoms with Crippen LogP contribution in [0.4, 0.5) is 0 Å². The molecule has 0 amide bonds. The van der Waals surface area contributed by atoms with Crippen LogP contribution in [0.1, 0.15) is 22.3 Å². The molecule has 0 N–H and O–H groups in total. The van der Waals surface area contributed by atoms with Crippen LogP contribution < -0.4 is 0 Å². The van der Waals surface area contributed by atoms with Gasteiger partial charge in [-0.05, 0) is 134 Å². The van der Waals surface area contributed by atoms with Gasteiger partial charge in [0.15, 0.2) is 0 Å². The Labute approximate surface area is 319 Å². The van der Waals surface area contributed by atoms with Crippen molar-refractivity contribution in [2.75, 3.05) is 0 Å². The van der Waals surface area contributed by atoms with Crippen LogP contribution in [0.2, 0.25) is 0 Å². The molecule has 0 heterocycles. The summed E-state index contributed by atoms with van der Waals surface area (Å²) in [5, 5.41) is 12.9. The Hall–Kier alpha value is -7.02. The van der Waals surface area contributed by atoms with Crippen molar-refractivity contribution in [3.63, 3.8) is 0 Å². The molecule has 0 heteroatoms. The van der Waals surface area contributed by atoms with Crippen LogP contribution in [-0.4, -0.2) is 0 Å². The van der Waals surface area contributed by atoms with Crippen LogP contribution >= 0.6 is 0 Å². The average Bonchev–Trinajstić information content (AvgIpc) is 3.56. The predicted molar refractivity (Wildman–Crippen MR) is 233 cm³/mol. The fourth-order valence-corrected chi connectivity index (χ4v) is 10.1. The van der Waals surface area contributed by atoms with Crippen LogP contribution in [0.3, 0.4) is 0 Å². The van der Waals surface area contributed by atoms with E-state index >= 15 is 0 Å². The molecule has 11 aromatic carbocycles. The minimum absolute atomic E-state index is 0.507. The summed E-state index contributed by atoms with van der Waals surface area (Å²) in [6.45, 7) is 0. The van der Waals surface area contributed by atoms with Crippen LogP contribution in [0.5, 0.6) is 0 Å². The van der Waals surface area contributed by atoms with Crippen molar-refractivity contribution < 1.29 is 0 Å². The molecule has 0 radical (unpaired) electrons. The van der Waals surface area contributed by atoms with E-state index in [4.69, 9.17) is 0 Å². The van der Waals surface area contributed by atoms with E-state index in [0.717, 1.165) is 0 Å². The zero-order chi connectivity index (χ0) is 36.1. The molecule has 0 nitrogen and oxygen atoms in total. The average molecular weight is 695 g/mol. The van der Waals surface area contributed by atoms with Gasteiger partial charge >= 0.3 is 0 Å². The molecule has 11 aromatic rings. The van der Waals surface area contributed by atoms with Gasteiger partial charge in [0.05, 0.1) is 5.41 Å². The predicted octanol–water partition coefficient (Wildman–Crippen LogP) is 14.6. The Morgan fingerprint density at radius 2 is 0.836 bits per heavy atom. The first-order chi connectivity index (χ1) is 27.3. The summed E-state index contributed by atoms with van der Waals surface area (Å²) in [4.78, 5) is 0. The van der Waals surface area contributed by atoms with E-state index in [-0.39, 0.29) is 0 Å². The van der Waals surface area contributed by atoms with Crippen molar-refractivity contribution in [2.24, 2.45) is 0 Å². The lowest BCUT2D eigenvalue weighted by atomic mass is 9.67. The molecule has 254 valence electrons. The number of fused-ring (bicyclic) bond motifs is 6. The van der Waals surface area contributed by atoms with E-state index in [1.54, 1.807) is 0 Å². The van der Waals surface area contributed by atoms with Gasteiger partial charge in [0, 0.05) is 0 Å². The van der Waals surface area contributed by atoms with Crippen LogP contribution in [-0.2, 0) is 5.41 Å². The van der Waals surface area contributed by atoms with Gasteiger partial charge in [0.1, 0.15) is 0 Å². The number of rotatable bonds is 4. The van der Waals surface area contributed by atoms with Gasteiger partial charge in [-0.3, -0.25) is 0 Å². The summed E-state index contributed by atoms with van der Waals surface area (Å²) in [6.07, 6.45) is 0. The summed E-state index contributed by atoms with van der Waals surface area (Å²) in [7, 11) is 0. The molecule has 0 saturated carbocycles. The topological polar surface area (TPSA) is 0 Å². The van der Waals surface area contributed by atoms with Gasteiger partial charge < -0.3 is 0 Å². The second-order valence-electron chi connectivity index (χ2n) is 15.2. The molecular formula is C55H34. The fraction of sp³-hybridized carbons (Fsp3) is 0.0182. The lowest BCUT2D eigenvalue weighted by Gasteiger charge is -2.34. The maximum Gasteiger partial charge on any atom is 0.0714 e. The van der Waals surface area contributed by atoms with Gasteiger partial charge in [0.2, 0.25) is 0 Å². The summed E-state index contributed by atoms with van der Waals surface area (Å²) in [5.41, 5.74) is 12.3. The van der Waals surface area contributed by atoms with E-state index in [1.165, 1.54) is 109 Å². The molecule has 0 atom stereocenters. The Morgan fingerprint density at radius 3 is 1.56 bits per heavy atom. The minimum Gasteiger partial charge on any atom is -0.0622 e. The second kappa shape index (κ2) is 11.5. The third-order valence-electron chi connectivity index (χ3n) is 12.4. The van der Waals surface area contributed by atoms with Gasteiger partial charge in [-0.25, -0.2) is 0 Å². The molecule has 55 heavy (non-hydrogen) atoms. The highest BCUT2D eigenvalue weighted by Gasteiger charge is 2.47. The first kappa shape index (κ1) is 30.4. The van der Waals surface area contributed by atoms with Gasteiger partial charge in [-0.15, -0.1) is 0 Å². The summed E-state index contributed by atoms with van der Waals surface area (Å²) in [5.74, 6) is 0. The molecular weight excluding hydrogens is 661 g/mol.